The number of ether oxygens (including phenoxy) is 2. The standard InChI is InChI=1S/C20H30N4O4.C2H6O/c1-14(23-19(2,3)13-25)21-11-15-8-7-9-16(10-15)12-22-18(27)24-20(4,5)17(26)28-6;1-3-2/h7-10,13,21,23H,1,11-12H2,2-6H3,(H2,22,24,27);1-2H3. The Balaban J connectivity index is 0.00000282. The number of rotatable bonds is 10. The third kappa shape index (κ3) is 11.6. The molecule has 0 saturated heterocycles. The summed E-state index contributed by atoms with van der Waals surface area (Å²) in [5.74, 6) is 0.0207. The Morgan fingerprint density at radius 2 is 1.52 bits per heavy atom. The van der Waals surface area contributed by atoms with Gasteiger partial charge in [-0.3, -0.25) is 0 Å². The van der Waals surface area contributed by atoms with Gasteiger partial charge in [0.2, 0.25) is 0 Å². The highest BCUT2D eigenvalue weighted by Crippen LogP contribution is 2.07. The second-order valence-electron chi connectivity index (χ2n) is 7.95. The third-order valence-electron chi connectivity index (χ3n) is 3.84. The van der Waals surface area contributed by atoms with Crippen LogP contribution in [0, 0.1) is 0 Å². The highest BCUT2D eigenvalue weighted by atomic mass is 16.5. The normalized spacial score (nSPS) is 10.7. The molecule has 0 radical (unpaired) electrons. The highest BCUT2D eigenvalue weighted by molar-refractivity contribution is 5.86. The molecule has 1 rings (SSSR count). The van der Waals surface area contributed by atoms with E-state index in [2.05, 4.69) is 37.3 Å². The van der Waals surface area contributed by atoms with Crippen LogP contribution in [-0.2, 0) is 32.2 Å². The predicted molar refractivity (Wildman–Crippen MR) is 120 cm³/mol. The molecule has 4 N–H and O–H groups in total. The van der Waals surface area contributed by atoms with E-state index < -0.39 is 23.1 Å². The Labute approximate surface area is 184 Å². The first kappa shape index (κ1) is 27.9. The van der Waals surface area contributed by atoms with E-state index in [9.17, 15) is 14.4 Å². The van der Waals surface area contributed by atoms with Crippen LogP contribution in [0.4, 0.5) is 4.79 Å². The van der Waals surface area contributed by atoms with Gasteiger partial charge in [-0.15, -0.1) is 0 Å². The molecule has 31 heavy (non-hydrogen) atoms. The second-order valence-corrected chi connectivity index (χ2v) is 7.95. The van der Waals surface area contributed by atoms with Crippen molar-refractivity contribution in [3.05, 3.63) is 47.8 Å². The molecule has 1 aromatic carbocycles. The zero-order valence-electron chi connectivity index (χ0n) is 19.5. The molecule has 1 aromatic rings. The molecule has 0 aliphatic carbocycles. The number of carbonyl (C=O) groups excluding carboxylic acids is 3. The Kier molecular flexibility index (Phi) is 12.0. The number of hydrogen-bond donors (Lipinski definition) is 4. The molecule has 0 aromatic heterocycles. The molecule has 0 unspecified atom stereocenters. The van der Waals surface area contributed by atoms with E-state index in [-0.39, 0.29) is 0 Å². The Morgan fingerprint density at radius 3 is 2.00 bits per heavy atom. The van der Waals surface area contributed by atoms with Crippen molar-refractivity contribution in [1.82, 2.24) is 21.3 Å². The summed E-state index contributed by atoms with van der Waals surface area (Å²) in [5.41, 5.74) is 0.0765. The minimum absolute atomic E-state index is 0.300. The number of nitrogens with one attached hydrogen (secondary N) is 4. The zero-order chi connectivity index (χ0) is 24.1. The van der Waals surface area contributed by atoms with Crippen LogP contribution in [0.2, 0.25) is 0 Å². The van der Waals surface area contributed by atoms with Gasteiger partial charge in [-0.2, -0.15) is 0 Å². The van der Waals surface area contributed by atoms with Gasteiger partial charge in [0.25, 0.3) is 0 Å². The fourth-order valence-corrected chi connectivity index (χ4v) is 2.34. The number of aldehydes is 1. The maximum atomic E-state index is 12.0. The van der Waals surface area contributed by atoms with Crippen molar-refractivity contribution in [2.75, 3.05) is 21.3 Å². The number of amides is 2. The highest BCUT2D eigenvalue weighted by Gasteiger charge is 2.30. The van der Waals surface area contributed by atoms with Crippen molar-refractivity contribution < 1.29 is 23.9 Å². The van der Waals surface area contributed by atoms with Crippen molar-refractivity contribution in [3.63, 3.8) is 0 Å². The fraction of sp³-hybridized carbons (Fsp3) is 0.500. The van der Waals surface area contributed by atoms with E-state index in [1.54, 1.807) is 41.9 Å². The lowest BCUT2D eigenvalue weighted by molar-refractivity contribution is -0.146. The molecular formula is C22H36N4O5. The number of benzene rings is 1. The predicted octanol–water partition coefficient (Wildman–Crippen LogP) is 1.83. The quantitative estimate of drug-likeness (QED) is 0.326. The van der Waals surface area contributed by atoms with E-state index in [0.29, 0.717) is 18.9 Å². The molecular weight excluding hydrogens is 400 g/mol. The van der Waals surface area contributed by atoms with Crippen molar-refractivity contribution in [3.8, 4) is 0 Å². The summed E-state index contributed by atoms with van der Waals surface area (Å²) in [6.45, 7) is 11.3. The van der Waals surface area contributed by atoms with Crippen LogP contribution < -0.4 is 21.3 Å². The summed E-state index contributed by atoms with van der Waals surface area (Å²) in [6.07, 6.45) is 0.818. The molecule has 0 atom stereocenters. The maximum absolute atomic E-state index is 12.0. The van der Waals surface area contributed by atoms with Gasteiger partial charge >= 0.3 is 12.0 Å². The molecule has 0 fully saturated rings. The van der Waals surface area contributed by atoms with Crippen LogP contribution in [0.25, 0.3) is 0 Å². The molecule has 0 heterocycles. The summed E-state index contributed by atoms with van der Waals surface area (Å²) < 4.78 is 8.91. The first-order valence-electron chi connectivity index (χ1n) is 9.70. The minimum Gasteiger partial charge on any atom is -0.467 e. The second kappa shape index (κ2) is 13.3. The number of methoxy groups -OCH3 is 2. The molecule has 0 saturated carbocycles. The Morgan fingerprint density at radius 1 is 1.00 bits per heavy atom. The molecule has 0 aliphatic heterocycles. The first-order valence-corrected chi connectivity index (χ1v) is 9.70. The molecule has 0 spiro atoms. The summed E-state index contributed by atoms with van der Waals surface area (Å²) in [5, 5.41) is 11.4. The largest absolute Gasteiger partial charge is 0.467 e. The molecule has 9 nitrogen and oxygen atoms in total. The van der Waals surface area contributed by atoms with Crippen LogP contribution in [0.1, 0.15) is 38.8 Å². The van der Waals surface area contributed by atoms with Crippen molar-refractivity contribution >= 4 is 18.3 Å². The molecule has 0 aliphatic rings. The third-order valence-corrected chi connectivity index (χ3v) is 3.84. The van der Waals surface area contributed by atoms with Gasteiger partial charge < -0.3 is 35.5 Å². The van der Waals surface area contributed by atoms with Gasteiger partial charge in [0.05, 0.1) is 18.5 Å². The van der Waals surface area contributed by atoms with E-state index in [4.69, 9.17) is 0 Å². The SMILES string of the molecule is C=C(NCc1cccc(CNC(=O)NC(C)(C)C(=O)OC)c1)NC(C)(C)C=O.COC. The number of esters is 1. The van der Waals surface area contributed by atoms with E-state index in [1.807, 2.05) is 24.3 Å². The van der Waals surface area contributed by atoms with Gasteiger partial charge in [0.1, 0.15) is 11.8 Å². The van der Waals surface area contributed by atoms with E-state index in [1.165, 1.54) is 7.11 Å². The van der Waals surface area contributed by atoms with Crippen LogP contribution in [0.3, 0.4) is 0 Å². The lowest BCUT2D eigenvalue weighted by Crippen LogP contribution is -2.53. The van der Waals surface area contributed by atoms with Crippen molar-refractivity contribution in [1.29, 1.82) is 0 Å². The zero-order valence-corrected chi connectivity index (χ0v) is 19.5. The lowest BCUT2D eigenvalue weighted by atomic mass is 10.1. The van der Waals surface area contributed by atoms with Crippen molar-refractivity contribution in [2.45, 2.75) is 51.9 Å². The molecule has 0 bridgehead atoms. The maximum Gasteiger partial charge on any atom is 0.331 e. The van der Waals surface area contributed by atoms with Gasteiger partial charge in [0, 0.05) is 27.3 Å². The van der Waals surface area contributed by atoms with Gasteiger partial charge in [0.15, 0.2) is 0 Å². The molecule has 9 heteroatoms. The number of urea groups is 1. The van der Waals surface area contributed by atoms with Crippen LogP contribution in [0.5, 0.6) is 0 Å². The minimum atomic E-state index is -1.12. The Hall–Kier alpha value is -3.07. The fourth-order valence-electron chi connectivity index (χ4n) is 2.34. The van der Waals surface area contributed by atoms with Crippen LogP contribution in [-0.4, -0.2) is 50.7 Å². The van der Waals surface area contributed by atoms with Gasteiger partial charge in [-0.1, -0.05) is 30.8 Å². The van der Waals surface area contributed by atoms with Crippen LogP contribution >= 0.6 is 0 Å². The van der Waals surface area contributed by atoms with Crippen molar-refractivity contribution in [2.24, 2.45) is 0 Å². The summed E-state index contributed by atoms with van der Waals surface area (Å²) in [6, 6.07) is 7.19. The van der Waals surface area contributed by atoms with Gasteiger partial charge in [-0.05, 0) is 38.8 Å². The number of hydrogen-bond acceptors (Lipinski definition) is 7. The lowest BCUT2D eigenvalue weighted by Gasteiger charge is -2.23. The molecule has 174 valence electrons. The summed E-state index contributed by atoms with van der Waals surface area (Å²) in [7, 11) is 4.52. The average Bonchev–Trinajstić information content (AvgIpc) is 2.70. The summed E-state index contributed by atoms with van der Waals surface area (Å²) in [4.78, 5) is 34.6. The van der Waals surface area contributed by atoms with E-state index >= 15 is 0 Å². The van der Waals surface area contributed by atoms with E-state index in [0.717, 1.165) is 17.4 Å². The monoisotopic (exact) mass is 436 g/mol. The Bertz CT molecular complexity index is 747. The van der Waals surface area contributed by atoms with Gasteiger partial charge in [-0.25, -0.2) is 9.59 Å². The summed E-state index contributed by atoms with van der Waals surface area (Å²) >= 11 is 0. The average molecular weight is 437 g/mol. The topological polar surface area (TPSA) is 118 Å². The molecule has 2 amide bonds. The first-order chi connectivity index (χ1) is 14.4. The number of carbonyl (C=O) groups is 3. The smallest absolute Gasteiger partial charge is 0.331 e. The van der Waals surface area contributed by atoms with Crippen LogP contribution in [0.15, 0.2) is 36.7 Å².